The second-order valence-corrected chi connectivity index (χ2v) is 3.93. The van der Waals surface area contributed by atoms with Crippen LogP contribution < -0.4 is 5.32 Å². The van der Waals surface area contributed by atoms with Crippen molar-refractivity contribution < 1.29 is 5.11 Å². The van der Waals surface area contributed by atoms with Gasteiger partial charge in [-0.3, -0.25) is 0 Å². The quantitative estimate of drug-likeness (QED) is 0.684. The van der Waals surface area contributed by atoms with E-state index in [1.54, 1.807) is 0 Å². The number of hydrogen-bond acceptors (Lipinski definition) is 2. The van der Waals surface area contributed by atoms with E-state index in [2.05, 4.69) is 5.32 Å². The molecule has 1 aliphatic heterocycles. The number of halogens is 1. The van der Waals surface area contributed by atoms with Gasteiger partial charge in [0.05, 0.1) is 0 Å². The van der Waals surface area contributed by atoms with Gasteiger partial charge in [-0.1, -0.05) is 0 Å². The number of aliphatic hydroxyl groups excluding tert-OH is 1. The molecule has 0 aromatic rings. The molecule has 12 heavy (non-hydrogen) atoms. The average molecular weight is 192 g/mol. The van der Waals surface area contributed by atoms with Crippen molar-refractivity contribution in [3.05, 3.63) is 0 Å². The first kappa shape index (κ1) is 10.3. The van der Waals surface area contributed by atoms with Crippen LogP contribution in [0.4, 0.5) is 0 Å². The van der Waals surface area contributed by atoms with E-state index in [9.17, 15) is 0 Å². The fourth-order valence-electron chi connectivity index (χ4n) is 2.82. The number of piperidine rings is 1. The van der Waals surface area contributed by atoms with Crippen LogP contribution in [0.5, 0.6) is 0 Å². The van der Waals surface area contributed by atoms with E-state index >= 15 is 0 Å². The Labute approximate surface area is 80.1 Å². The molecule has 1 heterocycles. The van der Waals surface area contributed by atoms with Gasteiger partial charge in [-0.05, 0) is 50.1 Å². The van der Waals surface area contributed by atoms with Gasteiger partial charge in [0.2, 0.25) is 0 Å². The van der Waals surface area contributed by atoms with Gasteiger partial charge in [-0.25, -0.2) is 0 Å². The Morgan fingerprint density at radius 2 is 1.75 bits per heavy atom. The largest absolute Gasteiger partial charge is 0.396 e. The zero-order valence-corrected chi connectivity index (χ0v) is 8.15. The van der Waals surface area contributed by atoms with Crippen molar-refractivity contribution in [3.63, 3.8) is 0 Å². The van der Waals surface area contributed by atoms with E-state index in [-0.39, 0.29) is 12.4 Å². The summed E-state index contributed by atoms with van der Waals surface area (Å²) in [6.07, 6.45) is 3.82. The van der Waals surface area contributed by atoms with Gasteiger partial charge in [-0.2, -0.15) is 0 Å². The Balaban J connectivity index is 0.000000720. The standard InChI is InChI=1S/C9H17NO.ClH/c11-4-3-9-7-1-2-8(9)6-10-5-7;/h7-11H,1-6H2;1H. The number of rotatable bonds is 2. The topological polar surface area (TPSA) is 32.3 Å². The van der Waals surface area contributed by atoms with Gasteiger partial charge in [-0.15, -0.1) is 12.4 Å². The molecule has 2 rings (SSSR count). The van der Waals surface area contributed by atoms with Crippen LogP contribution in [0.2, 0.25) is 0 Å². The molecule has 0 spiro atoms. The van der Waals surface area contributed by atoms with Crippen LogP contribution in [-0.4, -0.2) is 24.8 Å². The molecule has 3 heteroatoms. The molecule has 2 aliphatic rings. The van der Waals surface area contributed by atoms with Crippen LogP contribution >= 0.6 is 12.4 Å². The Kier molecular flexibility index (Phi) is 3.81. The molecule has 1 saturated heterocycles. The monoisotopic (exact) mass is 191 g/mol. The molecule has 0 amide bonds. The summed E-state index contributed by atoms with van der Waals surface area (Å²) < 4.78 is 0. The first-order valence-electron chi connectivity index (χ1n) is 4.73. The van der Waals surface area contributed by atoms with Crippen molar-refractivity contribution in [1.82, 2.24) is 5.32 Å². The van der Waals surface area contributed by atoms with E-state index in [0.717, 1.165) is 24.2 Å². The fourth-order valence-corrected chi connectivity index (χ4v) is 2.82. The lowest BCUT2D eigenvalue weighted by atomic mass is 9.84. The van der Waals surface area contributed by atoms with Crippen LogP contribution in [0.1, 0.15) is 19.3 Å². The van der Waals surface area contributed by atoms with Gasteiger partial charge in [0.25, 0.3) is 0 Å². The summed E-state index contributed by atoms with van der Waals surface area (Å²) in [7, 11) is 0. The Hall–Kier alpha value is 0.210. The SMILES string of the molecule is Cl.OCCC1C2CCC1CNC2. The molecular weight excluding hydrogens is 174 g/mol. The molecule has 1 saturated carbocycles. The summed E-state index contributed by atoms with van der Waals surface area (Å²) in [6.45, 7) is 2.78. The lowest BCUT2D eigenvalue weighted by Gasteiger charge is -2.30. The molecular formula is C9H18ClNO. The van der Waals surface area contributed by atoms with Gasteiger partial charge in [0.15, 0.2) is 0 Å². The molecule has 0 aromatic heterocycles. The van der Waals surface area contributed by atoms with Gasteiger partial charge < -0.3 is 10.4 Å². The predicted octanol–water partition coefficient (Wildman–Crippen LogP) is 1.04. The van der Waals surface area contributed by atoms with Crippen LogP contribution in [-0.2, 0) is 0 Å². The van der Waals surface area contributed by atoms with Gasteiger partial charge in [0, 0.05) is 6.61 Å². The Morgan fingerprint density at radius 1 is 1.17 bits per heavy atom. The van der Waals surface area contributed by atoms with Gasteiger partial charge >= 0.3 is 0 Å². The number of aliphatic hydroxyl groups is 1. The lowest BCUT2D eigenvalue weighted by molar-refractivity contribution is 0.179. The maximum absolute atomic E-state index is 8.86. The highest BCUT2D eigenvalue weighted by Crippen LogP contribution is 2.40. The zero-order valence-electron chi connectivity index (χ0n) is 7.33. The fraction of sp³-hybridized carbons (Fsp3) is 1.00. The van der Waals surface area contributed by atoms with E-state index < -0.39 is 0 Å². The summed E-state index contributed by atoms with van der Waals surface area (Å²) in [4.78, 5) is 0. The summed E-state index contributed by atoms with van der Waals surface area (Å²) in [5.41, 5.74) is 0. The molecule has 2 unspecified atom stereocenters. The van der Waals surface area contributed by atoms with Crippen LogP contribution in [0.3, 0.4) is 0 Å². The van der Waals surface area contributed by atoms with E-state index in [0.29, 0.717) is 6.61 Å². The van der Waals surface area contributed by atoms with E-state index in [1.165, 1.54) is 25.9 Å². The highest BCUT2D eigenvalue weighted by molar-refractivity contribution is 5.85. The van der Waals surface area contributed by atoms with Crippen molar-refractivity contribution in [2.75, 3.05) is 19.7 Å². The minimum Gasteiger partial charge on any atom is -0.396 e. The van der Waals surface area contributed by atoms with Crippen LogP contribution in [0.15, 0.2) is 0 Å². The third-order valence-corrected chi connectivity index (χ3v) is 3.39. The molecule has 72 valence electrons. The molecule has 2 bridgehead atoms. The number of fused-ring (bicyclic) bond motifs is 2. The number of nitrogens with one attached hydrogen (secondary N) is 1. The molecule has 0 aromatic carbocycles. The first-order valence-corrected chi connectivity index (χ1v) is 4.73. The Bertz CT molecular complexity index is 126. The molecule has 2 fully saturated rings. The highest BCUT2D eigenvalue weighted by atomic mass is 35.5. The van der Waals surface area contributed by atoms with Crippen LogP contribution in [0, 0.1) is 17.8 Å². The molecule has 2 N–H and O–H groups in total. The average Bonchev–Trinajstić information content (AvgIpc) is 2.30. The third-order valence-electron chi connectivity index (χ3n) is 3.39. The second kappa shape index (κ2) is 4.45. The minimum absolute atomic E-state index is 0. The maximum atomic E-state index is 8.86. The van der Waals surface area contributed by atoms with Crippen molar-refractivity contribution in [3.8, 4) is 0 Å². The third kappa shape index (κ3) is 1.76. The van der Waals surface area contributed by atoms with Crippen molar-refractivity contribution in [2.45, 2.75) is 19.3 Å². The lowest BCUT2D eigenvalue weighted by Crippen LogP contribution is -2.38. The first-order chi connectivity index (χ1) is 5.42. The van der Waals surface area contributed by atoms with Crippen LogP contribution in [0.25, 0.3) is 0 Å². The predicted molar refractivity (Wildman–Crippen MR) is 51.5 cm³/mol. The zero-order chi connectivity index (χ0) is 7.68. The summed E-state index contributed by atoms with van der Waals surface area (Å²) >= 11 is 0. The van der Waals surface area contributed by atoms with Crippen molar-refractivity contribution >= 4 is 12.4 Å². The summed E-state index contributed by atoms with van der Waals surface area (Å²) in [6, 6.07) is 0. The molecule has 0 radical (unpaired) electrons. The molecule has 2 atom stereocenters. The number of hydrogen-bond donors (Lipinski definition) is 2. The maximum Gasteiger partial charge on any atom is 0.0433 e. The van der Waals surface area contributed by atoms with Crippen molar-refractivity contribution in [2.24, 2.45) is 17.8 Å². The molecule has 1 aliphatic carbocycles. The second-order valence-electron chi connectivity index (χ2n) is 3.93. The summed E-state index contributed by atoms with van der Waals surface area (Å²) in [5.74, 6) is 2.59. The smallest absolute Gasteiger partial charge is 0.0433 e. The minimum atomic E-state index is 0. The Morgan fingerprint density at radius 3 is 2.25 bits per heavy atom. The van der Waals surface area contributed by atoms with E-state index in [4.69, 9.17) is 5.11 Å². The summed E-state index contributed by atoms with van der Waals surface area (Å²) in [5, 5.41) is 12.3. The molecule has 2 nitrogen and oxygen atoms in total. The highest BCUT2D eigenvalue weighted by Gasteiger charge is 2.37. The van der Waals surface area contributed by atoms with Crippen molar-refractivity contribution in [1.29, 1.82) is 0 Å². The van der Waals surface area contributed by atoms with Gasteiger partial charge in [0.1, 0.15) is 0 Å². The normalized spacial score (nSPS) is 39.2. The van der Waals surface area contributed by atoms with E-state index in [1.807, 2.05) is 0 Å².